The number of amidine groups is 1. The van der Waals surface area contributed by atoms with Gasteiger partial charge in [0.25, 0.3) is 0 Å². The van der Waals surface area contributed by atoms with Crippen molar-refractivity contribution in [3.8, 4) is 0 Å². The zero-order valence-electron chi connectivity index (χ0n) is 12.3. The Labute approximate surface area is 143 Å². The van der Waals surface area contributed by atoms with E-state index in [1.54, 1.807) is 0 Å². The lowest BCUT2D eigenvalue weighted by molar-refractivity contribution is -0.137. The molecule has 0 unspecified atom stereocenters. The van der Waals surface area contributed by atoms with Gasteiger partial charge in [0.1, 0.15) is 11.5 Å². The van der Waals surface area contributed by atoms with Gasteiger partial charge in [-0.25, -0.2) is 13.8 Å². The van der Waals surface area contributed by atoms with Gasteiger partial charge < -0.3 is 0 Å². The number of benzene rings is 2. The Hall–Kier alpha value is -2.42. The second kappa shape index (κ2) is 6.47. The van der Waals surface area contributed by atoms with Crippen molar-refractivity contribution in [1.82, 2.24) is 0 Å². The van der Waals surface area contributed by atoms with Gasteiger partial charge in [0.2, 0.25) is 5.91 Å². The van der Waals surface area contributed by atoms with Crippen molar-refractivity contribution in [3.63, 3.8) is 0 Å². The molecule has 1 saturated heterocycles. The van der Waals surface area contributed by atoms with Gasteiger partial charge in [-0.2, -0.15) is 13.2 Å². The van der Waals surface area contributed by atoms with E-state index in [4.69, 9.17) is 0 Å². The van der Waals surface area contributed by atoms with Crippen LogP contribution < -0.4 is 4.90 Å². The van der Waals surface area contributed by atoms with E-state index < -0.39 is 29.3 Å². The van der Waals surface area contributed by atoms with Gasteiger partial charge in [-0.15, -0.1) is 0 Å². The fourth-order valence-corrected chi connectivity index (χ4v) is 3.08. The summed E-state index contributed by atoms with van der Waals surface area (Å²) in [6, 6.07) is 6.92. The lowest BCUT2D eigenvalue weighted by atomic mass is 10.2. The Kier molecular flexibility index (Phi) is 4.51. The lowest BCUT2D eigenvalue weighted by Gasteiger charge is -2.18. The van der Waals surface area contributed by atoms with Gasteiger partial charge in [0.05, 0.1) is 17.0 Å². The summed E-state index contributed by atoms with van der Waals surface area (Å²) in [5.74, 6) is -2.24. The number of thioether (sulfide) groups is 1. The predicted molar refractivity (Wildman–Crippen MR) is 84.8 cm³/mol. The van der Waals surface area contributed by atoms with Gasteiger partial charge >= 0.3 is 6.18 Å². The second-order valence-corrected chi connectivity index (χ2v) is 6.00. The minimum atomic E-state index is -4.56. The summed E-state index contributed by atoms with van der Waals surface area (Å²) in [4.78, 5) is 17.0. The van der Waals surface area contributed by atoms with Crippen LogP contribution in [-0.4, -0.2) is 16.8 Å². The number of hydrogen-bond donors (Lipinski definition) is 0. The molecule has 0 N–H and O–H groups in total. The first-order chi connectivity index (χ1) is 11.8. The lowest BCUT2D eigenvalue weighted by Crippen LogP contribution is -2.29. The third-order valence-electron chi connectivity index (χ3n) is 3.32. The van der Waals surface area contributed by atoms with Crippen LogP contribution in [0.25, 0.3) is 0 Å². The Balaban J connectivity index is 2.02. The molecule has 3 rings (SSSR count). The highest BCUT2D eigenvalue weighted by atomic mass is 32.2. The van der Waals surface area contributed by atoms with Crippen LogP contribution in [0.15, 0.2) is 47.5 Å². The van der Waals surface area contributed by atoms with Gasteiger partial charge in [-0.05, 0) is 30.3 Å². The molecule has 1 aliphatic heterocycles. The Morgan fingerprint density at radius 1 is 1.08 bits per heavy atom. The molecule has 2 aromatic rings. The summed E-state index contributed by atoms with van der Waals surface area (Å²) < 4.78 is 65.3. The molecule has 0 atom stereocenters. The van der Waals surface area contributed by atoms with Crippen molar-refractivity contribution >= 4 is 34.2 Å². The molecule has 1 heterocycles. The van der Waals surface area contributed by atoms with Crippen LogP contribution in [0.3, 0.4) is 0 Å². The minimum absolute atomic E-state index is 0.0221. The van der Waals surface area contributed by atoms with E-state index in [1.165, 1.54) is 12.1 Å². The molecule has 1 fully saturated rings. The molecule has 0 bridgehead atoms. The highest BCUT2D eigenvalue weighted by Gasteiger charge is 2.34. The molecule has 0 aliphatic carbocycles. The molecule has 130 valence electrons. The zero-order chi connectivity index (χ0) is 18.2. The van der Waals surface area contributed by atoms with Gasteiger partial charge in [-0.3, -0.25) is 9.69 Å². The highest BCUT2D eigenvalue weighted by molar-refractivity contribution is 8.15. The largest absolute Gasteiger partial charge is 0.416 e. The fourth-order valence-electron chi connectivity index (χ4n) is 2.20. The summed E-state index contributed by atoms with van der Waals surface area (Å²) in [6.07, 6.45) is -4.56. The number of alkyl halides is 3. The smallest absolute Gasteiger partial charge is 0.273 e. The van der Waals surface area contributed by atoms with Gasteiger partial charge in [0.15, 0.2) is 11.0 Å². The topological polar surface area (TPSA) is 32.7 Å². The standard InChI is InChI=1S/C16H9F5N2OS/c17-10-4-5-13(12(18)7-10)22-15-23(14(24)8-25-15)11-3-1-2-9(6-11)16(19,20)21/h1-7H,8H2. The average molecular weight is 372 g/mol. The van der Waals surface area contributed by atoms with Crippen LogP contribution in [0.4, 0.5) is 33.3 Å². The molecule has 25 heavy (non-hydrogen) atoms. The number of carbonyl (C=O) groups excluding carboxylic acids is 1. The SMILES string of the molecule is O=C1CSC(=Nc2ccc(F)cc2F)N1c1cccc(C(F)(F)F)c1. The van der Waals surface area contributed by atoms with Crippen LogP contribution in [0.1, 0.15) is 5.56 Å². The van der Waals surface area contributed by atoms with Crippen molar-refractivity contribution in [2.75, 3.05) is 10.7 Å². The van der Waals surface area contributed by atoms with Gasteiger partial charge in [-0.1, -0.05) is 17.8 Å². The summed E-state index contributed by atoms with van der Waals surface area (Å²) >= 11 is 0.959. The van der Waals surface area contributed by atoms with Crippen molar-refractivity contribution in [2.24, 2.45) is 4.99 Å². The maximum absolute atomic E-state index is 13.7. The monoisotopic (exact) mass is 372 g/mol. The number of aliphatic imine (C=N–C) groups is 1. The Morgan fingerprint density at radius 3 is 2.52 bits per heavy atom. The average Bonchev–Trinajstić information content (AvgIpc) is 2.90. The number of nitrogens with zero attached hydrogens (tertiary/aromatic N) is 2. The van der Waals surface area contributed by atoms with E-state index in [-0.39, 0.29) is 22.3 Å². The van der Waals surface area contributed by atoms with E-state index >= 15 is 0 Å². The first-order valence-corrected chi connectivity index (χ1v) is 7.91. The molecule has 3 nitrogen and oxygen atoms in total. The van der Waals surface area contributed by atoms with Gasteiger partial charge in [0, 0.05) is 6.07 Å². The summed E-state index contributed by atoms with van der Waals surface area (Å²) in [6.45, 7) is 0. The fraction of sp³-hybridized carbons (Fsp3) is 0.125. The highest BCUT2D eigenvalue weighted by Crippen LogP contribution is 2.35. The predicted octanol–water partition coefficient (Wildman–Crippen LogP) is 4.75. The van der Waals surface area contributed by atoms with Crippen LogP contribution in [0.2, 0.25) is 0 Å². The van der Waals surface area contributed by atoms with E-state index in [2.05, 4.69) is 4.99 Å². The number of rotatable bonds is 2. The van der Waals surface area contributed by atoms with E-state index in [0.29, 0.717) is 6.07 Å². The van der Waals surface area contributed by atoms with E-state index in [1.807, 2.05) is 0 Å². The maximum Gasteiger partial charge on any atom is 0.416 e. The van der Waals surface area contributed by atoms with Crippen LogP contribution in [0.5, 0.6) is 0 Å². The molecule has 0 saturated carbocycles. The van der Waals surface area contributed by atoms with Crippen LogP contribution in [0, 0.1) is 11.6 Å². The third kappa shape index (κ3) is 3.65. The van der Waals surface area contributed by atoms with Crippen molar-refractivity contribution in [1.29, 1.82) is 0 Å². The number of halogens is 5. The number of carbonyl (C=O) groups is 1. The van der Waals surface area contributed by atoms with Crippen LogP contribution in [-0.2, 0) is 11.0 Å². The zero-order valence-corrected chi connectivity index (χ0v) is 13.2. The molecule has 1 amide bonds. The van der Waals surface area contributed by atoms with E-state index in [0.717, 1.165) is 40.9 Å². The van der Waals surface area contributed by atoms with Crippen molar-refractivity contribution in [3.05, 3.63) is 59.7 Å². The summed E-state index contributed by atoms with van der Waals surface area (Å²) in [5, 5.41) is 0.0230. The Morgan fingerprint density at radius 2 is 1.84 bits per heavy atom. The first-order valence-electron chi connectivity index (χ1n) is 6.92. The van der Waals surface area contributed by atoms with Crippen molar-refractivity contribution < 1.29 is 26.7 Å². The first kappa shape index (κ1) is 17.4. The molecule has 2 aromatic carbocycles. The maximum atomic E-state index is 13.7. The van der Waals surface area contributed by atoms with Crippen LogP contribution >= 0.6 is 11.8 Å². The molecule has 1 aliphatic rings. The van der Waals surface area contributed by atoms with E-state index in [9.17, 15) is 26.7 Å². The molecule has 0 radical (unpaired) electrons. The summed E-state index contributed by atoms with van der Waals surface area (Å²) in [7, 11) is 0. The Bertz CT molecular complexity index is 866. The molecule has 0 aromatic heterocycles. The molecular weight excluding hydrogens is 363 g/mol. The number of amides is 1. The molecule has 9 heteroatoms. The minimum Gasteiger partial charge on any atom is -0.273 e. The van der Waals surface area contributed by atoms with Crippen molar-refractivity contribution in [2.45, 2.75) is 6.18 Å². The molecule has 0 spiro atoms. The number of hydrogen-bond acceptors (Lipinski definition) is 3. The normalized spacial score (nSPS) is 16.8. The molecular formula is C16H9F5N2OS. The third-order valence-corrected chi connectivity index (χ3v) is 4.25. The number of anilines is 1. The quantitative estimate of drug-likeness (QED) is 0.713. The second-order valence-electron chi connectivity index (χ2n) is 5.06. The summed E-state index contributed by atoms with van der Waals surface area (Å²) in [5.41, 5.74) is -1.15.